The Morgan fingerprint density at radius 3 is 2.64 bits per heavy atom. The lowest BCUT2D eigenvalue weighted by molar-refractivity contribution is 0.0933. The number of aryl methyl sites for hydroxylation is 1. The Balaban J connectivity index is 1.69. The molecule has 2 aromatic rings. The van der Waals surface area contributed by atoms with Gasteiger partial charge in [-0.3, -0.25) is 9.78 Å². The van der Waals surface area contributed by atoms with Crippen LogP contribution in [0.1, 0.15) is 41.0 Å². The second-order valence-corrected chi connectivity index (χ2v) is 6.01. The zero-order chi connectivity index (χ0) is 17.6. The van der Waals surface area contributed by atoms with E-state index in [-0.39, 0.29) is 11.9 Å². The molecule has 1 fully saturated rings. The monoisotopic (exact) mass is 341 g/mol. The van der Waals surface area contributed by atoms with E-state index in [0.29, 0.717) is 24.7 Å². The highest BCUT2D eigenvalue weighted by Crippen LogP contribution is 2.18. The number of carbonyl (C=O) groups excluding carboxylic acids is 1. The van der Waals surface area contributed by atoms with Crippen molar-refractivity contribution in [2.75, 3.05) is 31.2 Å². The first-order valence-electron chi connectivity index (χ1n) is 8.56. The molecule has 0 aromatic carbocycles. The third-order valence-electron chi connectivity index (χ3n) is 4.29. The van der Waals surface area contributed by atoms with Gasteiger partial charge in [-0.05, 0) is 25.0 Å². The van der Waals surface area contributed by atoms with Crippen LogP contribution in [0.4, 0.5) is 5.95 Å². The molecule has 1 amide bonds. The van der Waals surface area contributed by atoms with E-state index in [0.717, 1.165) is 30.8 Å². The van der Waals surface area contributed by atoms with Crippen molar-refractivity contribution in [3.63, 3.8) is 0 Å². The van der Waals surface area contributed by atoms with Crippen LogP contribution >= 0.6 is 0 Å². The van der Waals surface area contributed by atoms with Gasteiger partial charge in [0.15, 0.2) is 0 Å². The fourth-order valence-corrected chi connectivity index (χ4v) is 2.83. The van der Waals surface area contributed by atoms with Crippen LogP contribution in [0.3, 0.4) is 0 Å². The molecular formula is C18H23N5O2. The van der Waals surface area contributed by atoms with Gasteiger partial charge >= 0.3 is 0 Å². The van der Waals surface area contributed by atoms with Crippen molar-refractivity contribution in [1.29, 1.82) is 0 Å². The Labute approximate surface area is 147 Å². The van der Waals surface area contributed by atoms with Crippen molar-refractivity contribution in [1.82, 2.24) is 20.3 Å². The number of nitrogens with zero attached hydrogens (tertiary/aromatic N) is 4. The summed E-state index contributed by atoms with van der Waals surface area (Å²) in [6.07, 6.45) is 5.66. The first-order chi connectivity index (χ1) is 12.2. The minimum Gasteiger partial charge on any atom is -0.378 e. The Bertz CT molecular complexity index is 714. The minimum atomic E-state index is -0.189. The van der Waals surface area contributed by atoms with Gasteiger partial charge in [0.05, 0.1) is 30.5 Å². The van der Waals surface area contributed by atoms with Crippen LogP contribution < -0.4 is 10.2 Å². The first kappa shape index (κ1) is 17.3. The Hall–Kier alpha value is -2.54. The van der Waals surface area contributed by atoms with Crippen LogP contribution in [0.2, 0.25) is 0 Å². The van der Waals surface area contributed by atoms with Crippen molar-refractivity contribution in [2.24, 2.45) is 0 Å². The average Bonchev–Trinajstić information content (AvgIpc) is 2.67. The molecule has 3 rings (SSSR count). The molecule has 0 aliphatic carbocycles. The molecule has 1 N–H and O–H groups in total. The molecule has 0 spiro atoms. The third kappa shape index (κ3) is 4.11. The van der Waals surface area contributed by atoms with E-state index in [9.17, 15) is 4.79 Å². The van der Waals surface area contributed by atoms with Crippen molar-refractivity contribution >= 4 is 11.9 Å². The molecule has 2 aromatic heterocycles. The van der Waals surface area contributed by atoms with Crippen molar-refractivity contribution in [3.8, 4) is 0 Å². The highest BCUT2D eigenvalue weighted by atomic mass is 16.5. The van der Waals surface area contributed by atoms with E-state index in [1.807, 2.05) is 26.0 Å². The summed E-state index contributed by atoms with van der Waals surface area (Å²) in [7, 11) is 0. The number of ether oxygens (including phenoxy) is 1. The molecular weight excluding hydrogens is 318 g/mol. The fraction of sp³-hybridized carbons (Fsp3) is 0.444. The number of nitrogens with one attached hydrogen (secondary N) is 1. The molecule has 3 heterocycles. The highest BCUT2D eigenvalue weighted by Gasteiger charge is 2.18. The van der Waals surface area contributed by atoms with Crippen LogP contribution in [0.15, 0.2) is 30.7 Å². The van der Waals surface area contributed by atoms with Gasteiger partial charge in [0, 0.05) is 31.7 Å². The first-order valence-corrected chi connectivity index (χ1v) is 8.56. The summed E-state index contributed by atoms with van der Waals surface area (Å²) in [4.78, 5) is 27.7. The van der Waals surface area contributed by atoms with Crippen molar-refractivity contribution < 1.29 is 9.53 Å². The van der Waals surface area contributed by atoms with Crippen molar-refractivity contribution in [3.05, 3.63) is 47.5 Å². The Kier molecular flexibility index (Phi) is 5.55. The third-order valence-corrected chi connectivity index (χ3v) is 4.29. The lowest BCUT2D eigenvalue weighted by Crippen LogP contribution is -2.37. The second kappa shape index (κ2) is 8.02. The fourth-order valence-electron chi connectivity index (χ4n) is 2.83. The topological polar surface area (TPSA) is 80.2 Å². The molecule has 7 heteroatoms. The van der Waals surface area contributed by atoms with E-state index in [1.165, 1.54) is 0 Å². The van der Waals surface area contributed by atoms with E-state index in [4.69, 9.17) is 4.74 Å². The van der Waals surface area contributed by atoms with E-state index in [1.54, 1.807) is 18.6 Å². The molecule has 1 saturated heterocycles. The van der Waals surface area contributed by atoms with Crippen LogP contribution in [-0.4, -0.2) is 47.2 Å². The standard InChI is InChI=1S/C18H23N5O2/c1-3-15(16-13(2)5-4-6-19-16)22-17(24)14-11-20-18(21-12-14)23-7-9-25-10-8-23/h4-6,11-12,15H,3,7-10H2,1-2H3,(H,22,24)/t15-/m0/s1. The number of anilines is 1. The lowest BCUT2D eigenvalue weighted by atomic mass is 10.1. The molecule has 7 nitrogen and oxygen atoms in total. The smallest absolute Gasteiger partial charge is 0.254 e. The van der Waals surface area contributed by atoms with Gasteiger partial charge in [0.2, 0.25) is 5.95 Å². The lowest BCUT2D eigenvalue weighted by Gasteiger charge is -2.26. The summed E-state index contributed by atoms with van der Waals surface area (Å²) >= 11 is 0. The zero-order valence-corrected chi connectivity index (χ0v) is 14.6. The number of carbonyl (C=O) groups is 1. The van der Waals surface area contributed by atoms with Gasteiger partial charge in [0.1, 0.15) is 0 Å². The number of hydrogen-bond donors (Lipinski definition) is 1. The van der Waals surface area contributed by atoms with E-state index >= 15 is 0 Å². The van der Waals surface area contributed by atoms with Crippen molar-refractivity contribution in [2.45, 2.75) is 26.3 Å². The molecule has 1 atom stereocenters. The van der Waals surface area contributed by atoms with Gasteiger partial charge < -0.3 is 15.0 Å². The van der Waals surface area contributed by atoms with Crippen LogP contribution in [0, 0.1) is 6.92 Å². The van der Waals surface area contributed by atoms with Gasteiger partial charge in [-0.1, -0.05) is 13.0 Å². The normalized spacial score (nSPS) is 15.7. The molecule has 1 aliphatic heterocycles. The molecule has 0 unspecified atom stereocenters. The summed E-state index contributed by atoms with van der Waals surface area (Å²) in [5.74, 6) is 0.442. The quantitative estimate of drug-likeness (QED) is 0.895. The Morgan fingerprint density at radius 2 is 2.00 bits per heavy atom. The van der Waals surface area contributed by atoms with Crippen LogP contribution in [0.25, 0.3) is 0 Å². The SMILES string of the molecule is CC[C@H](NC(=O)c1cnc(N2CCOCC2)nc1)c1ncccc1C. The molecule has 0 bridgehead atoms. The van der Waals surface area contributed by atoms with Crippen LogP contribution in [-0.2, 0) is 4.74 Å². The summed E-state index contributed by atoms with van der Waals surface area (Å²) in [5, 5.41) is 3.02. The highest BCUT2D eigenvalue weighted by molar-refractivity contribution is 5.93. The van der Waals surface area contributed by atoms with Gasteiger partial charge in [-0.15, -0.1) is 0 Å². The van der Waals surface area contributed by atoms with E-state index < -0.39 is 0 Å². The number of hydrogen-bond acceptors (Lipinski definition) is 6. The van der Waals surface area contributed by atoms with Gasteiger partial charge in [-0.2, -0.15) is 0 Å². The second-order valence-electron chi connectivity index (χ2n) is 6.01. The zero-order valence-electron chi connectivity index (χ0n) is 14.6. The molecule has 1 aliphatic rings. The van der Waals surface area contributed by atoms with Crippen LogP contribution in [0.5, 0.6) is 0 Å². The molecule has 0 radical (unpaired) electrons. The molecule has 25 heavy (non-hydrogen) atoms. The average molecular weight is 341 g/mol. The van der Waals surface area contributed by atoms with Gasteiger partial charge in [-0.25, -0.2) is 9.97 Å². The summed E-state index contributed by atoms with van der Waals surface area (Å²) < 4.78 is 5.32. The maximum Gasteiger partial charge on any atom is 0.254 e. The number of pyridine rings is 1. The maximum atomic E-state index is 12.5. The largest absolute Gasteiger partial charge is 0.378 e. The summed E-state index contributed by atoms with van der Waals surface area (Å²) in [6.45, 7) is 6.90. The number of amides is 1. The predicted molar refractivity (Wildman–Crippen MR) is 94.5 cm³/mol. The number of aromatic nitrogens is 3. The van der Waals surface area contributed by atoms with Gasteiger partial charge in [0.25, 0.3) is 5.91 Å². The molecule has 0 saturated carbocycles. The van der Waals surface area contributed by atoms with E-state index in [2.05, 4.69) is 25.2 Å². The minimum absolute atomic E-state index is 0.132. The summed E-state index contributed by atoms with van der Waals surface area (Å²) in [6, 6.07) is 3.76. The predicted octanol–water partition coefficient (Wildman–Crippen LogP) is 1.90. The maximum absolute atomic E-state index is 12.5. The number of morpholine rings is 1. The summed E-state index contributed by atoms with van der Waals surface area (Å²) in [5.41, 5.74) is 2.40. The number of rotatable bonds is 5. The Morgan fingerprint density at radius 1 is 1.28 bits per heavy atom. The molecule has 132 valence electrons.